The number of fused-ring (bicyclic) bond motifs is 2. The van der Waals surface area contributed by atoms with Gasteiger partial charge in [0, 0.05) is 16.8 Å². The molecule has 0 unspecified atom stereocenters. The first-order chi connectivity index (χ1) is 14.0. The fourth-order valence-corrected chi connectivity index (χ4v) is 5.15. The first kappa shape index (κ1) is 19.6. The number of rotatable bonds is 6. The van der Waals surface area contributed by atoms with Gasteiger partial charge in [-0.15, -0.1) is 11.3 Å². The van der Waals surface area contributed by atoms with Crippen molar-refractivity contribution < 1.29 is 29.0 Å². The Balaban J connectivity index is 1.63. The van der Waals surface area contributed by atoms with Crippen LogP contribution >= 0.6 is 11.3 Å². The Morgan fingerprint density at radius 1 is 1.17 bits per heavy atom. The van der Waals surface area contributed by atoms with Crippen molar-refractivity contribution in [2.24, 2.45) is 11.8 Å². The van der Waals surface area contributed by atoms with E-state index in [4.69, 9.17) is 9.47 Å². The maximum Gasteiger partial charge on any atom is 0.341 e. The normalized spacial score (nSPS) is 25.0. The third kappa shape index (κ3) is 3.65. The van der Waals surface area contributed by atoms with Crippen LogP contribution in [0.4, 0.5) is 5.00 Å². The molecule has 0 aliphatic carbocycles. The molecule has 152 valence electrons. The number of carboxylic acids is 1. The van der Waals surface area contributed by atoms with E-state index in [2.05, 4.69) is 5.32 Å². The van der Waals surface area contributed by atoms with E-state index in [0.717, 1.165) is 10.4 Å². The molecule has 1 aromatic heterocycles. The molecule has 7 nitrogen and oxygen atoms in total. The minimum Gasteiger partial charge on any atom is -0.550 e. The van der Waals surface area contributed by atoms with Gasteiger partial charge in [0.2, 0.25) is 5.91 Å². The number of thiophene rings is 1. The average Bonchev–Trinajstić information content (AvgIpc) is 3.43. The zero-order chi connectivity index (χ0) is 20.5. The highest BCUT2D eigenvalue weighted by Crippen LogP contribution is 2.44. The maximum absolute atomic E-state index is 13.0. The number of nitrogens with one attached hydrogen (secondary N) is 1. The highest BCUT2D eigenvalue weighted by molar-refractivity contribution is 7.20. The van der Waals surface area contributed by atoms with Crippen molar-refractivity contribution in [2.75, 3.05) is 11.9 Å². The summed E-state index contributed by atoms with van der Waals surface area (Å²) >= 11 is 1.25. The minimum atomic E-state index is -1.28. The van der Waals surface area contributed by atoms with Crippen LogP contribution in [0.15, 0.2) is 36.4 Å². The van der Waals surface area contributed by atoms with Gasteiger partial charge < -0.3 is 24.7 Å². The highest BCUT2D eigenvalue weighted by Gasteiger charge is 2.53. The lowest BCUT2D eigenvalue weighted by atomic mass is 9.79. The van der Waals surface area contributed by atoms with E-state index in [1.807, 2.05) is 30.3 Å². The lowest BCUT2D eigenvalue weighted by molar-refractivity contribution is -0.313. The number of carbonyl (C=O) groups excluding carboxylic acids is 3. The summed E-state index contributed by atoms with van der Waals surface area (Å²) in [5, 5.41) is 14.7. The van der Waals surface area contributed by atoms with Gasteiger partial charge in [-0.1, -0.05) is 30.3 Å². The molecular formula is C21H20NO6S-. The molecule has 1 amide bonds. The molecule has 2 bridgehead atoms. The Morgan fingerprint density at radius 3 is 2.52 bits per heavy atom. The molecule has 8 heteroatoms. The van der Waals surface area contributed by atoms with Gasteiger partial charge in [0.1, 0.15) is 5.00 Å². The van der Waals surface area contributed by atoms with Gasteiger partial charge in [-0.25, -0.2) is 4.79 Å². The topological polar surface area (TPSA) is 105 Å². The summed E-state index contributed by atoms with van der Waals surface area (Å²) in [4.78, 5) is 37.7. The van der Waals surface area contributed by atoms with Crippen LogP contribution in [-0.2, 0) is 19.1 Å². The van der Waals surface area contributed by atoms with Gasteiger partial charge >= 0.3 is 5.97 Å². The summed E-state index contributed by atoms with van der Waals surface area (Å²) in [5.41, 5.74) is 1.15. The third-order valence-corrected chi connectivity index (χ3v) is 6.47. The average molecular weight is 414 g/mol. The predicted octanol–water partition coefficient (Wildman–Crippen LogP) is 2.07. The van der Waals surface area contributed by atoms with Crippen LogP contribution in [-0.4, -0.2) is 36.7 Å². The summed E-state index contributed by atoms with van der Waals surface area (Å²) in [7, 11) is 0. The number of anilines is 1. The minimum absolute atomic E-state index is 0.204. The van der Waals surface area contributed by atoms with Crippen molar-refractivity contribution in [3.05, 3.63) is 42.0 Å². The quantitative estimate of drug-likeness (QED) is 0.726. The second kappa shape index (κ2) is 7.96. The number of aliphatic carboxylic acids is 1. The van der Waals surface area contributed by atoms with Gasteiger partial charge in [0.25, 0.3) is 0 Å². The summed E-state index contributed by atoms with van der Waals surface area (Å²) in [6.07, 6.45) is 0.311. The fourth-order valence-electron chi connectivity index (χ4n) is 4.09. The molecule has 2 aliphatic heterocycles. The largest absolute Gasteiger partial charge is 0.550 e. The van der Waals surface area contributed by atoms with Crippen molar-refractivity contribution in [1.29, 1.82) is 0 Å². The van der Waals surface area contributed by atoms with Crippen LogP contribution in [0.5, 0.6) is 0 Å². The number of amides is 1. The molecule has 2 aromatic rings. The summed E-state index contributed by atoms with van der Waals surface area (Å²) in [6, 6.07) is 11.1. The number of carbonyl (C=O) groups is 3. The molecule has 3 heterocycles. The summed E-state index contributed by atoms with van der Waals surface area (Å²) in [5.74, 6) is -4.11. The highest BCUT2D eigenvalue weighted by atomic mass is 32.1. The van der Waals surface area contributed by atoms with Crippen LogP contribution in [0, 0.1) is 11.8 Å². The van der Waals surface area contributed by atoms with Crippen LogP contribution < -0.4 is 10.4 Å². The molecule has 29 heavy (non-hydrogen) atoms. The van der Waals surface area contributed by atoms with E-state index in [9.17, 15) is 19.5 Å². The second-order valence-electron chi connectivity index (χ2n) is 7.09. The molecule has 0 saturated carbocycles. The van der Waals surface area contributed by atoms with E-state index < -0.39 is 41.9 Å². The van der Waals surface area contributed by atoms with Crippen molar-refractivity contribution in [3.8, 4) is 10.4 Å². The molecule has 2 saturated heterocycles. The Bertz CT molecular complexity index is 940. The van der Waals surface area contributed by atoms with E-state index in [0.29, 0.717) is 17.8 Å². The van der Waals surface area contributed by atoms with Crippen molar-refractivity contribution >= 4 is 34.2 Å². The summed E-state index contributed by atoms with van der Waals surface area (Å²) < 4.78 is 10.8. The maximum atomic E-state index is 13.0. The molecule has 2 fully saturated rings. The number of ether oxygens (including phenoxy) is 2. The number of esters is 1. The molecule has 0 radical (unpaired) electrons. The molecule has 4 atom stereocenters. The standard InChI is InChI=1S/C21H21NO6S/c1-2-27-21(26)12-10-15(11-6-4-3-5-7-11)29-19(12)22-18(23)16-13-8-9-14(28-13)17(16)20(24)25/h3-7,10,13-14,16-17H,2,8-9H2,1H3,(H,22,23)(H,24,25)/p-1/t13-,14+,16-,17-/m0/s1. The molecule has 0 spiro atoms. The summed E-state index contributed by atoms with van der Waals surface area (Å²) in [6.45, 7) is 1.91. The van der Waals surface area contributed by atoms with Crippen molar-refractivity contribution in [1.82, 2.24) is 0 Å². The number of hydrogen-bond donors (Lipinski definition) is 1. The van der Waals surface area contributed by atoms with Crippen LogP contribution in [0.3, 0.4) is 0 Å². The van der Waals surface area contributed by atoms with Gasteiger partial charge in [-0.05, 0) is 31.4 Å². The second-order valence-corrected chi connectivity index (χ2v) is 8.14. The van der Waals surface area contributed by atoms with E-state index in [1.165, 1.54) is 11.3 Å². The Kier molecular flexibility index (Phi) is 5.38. The molecular weight excluding hydrogens is 394 g/mol. The van der Waals surface area contributed by atoms with E-state index in [-0.39, 0.29) is 12.2 Å². The molecule has 4 rings (SSSR count). The predicted molar refractivity (Wildman–Crippen MR) is 104 cm³/mol. The Hall–Kier alpha value is -2.71. The molecule has 1 aromatic carbocycles. The number of benzene rings is 1. The monoisotopic (exact) mass is 414 g/mol. The lowest BCUT2D eigenvalue weighted by Crippen LogP contribution is -2.46. The van der Waals surface area contributed by atoms with Crippen LogP contribution in [0.25, 0.3) is 10.4 Å². The van der Waals surface area contributed by atoms with Gasteiger partial charge in [0.05, 0.1) is 30.3 Å². The third-order valence-electron chi connectivity index (χ3n) is 5.37. The van der Waals surface area contributed by atoms with Gasteiger partial charge in [-0.3, -0.25) is 4.79 Å². The van der Waals surface area contributed by atoms with E-state index in [1.54, 1.807) is 13.0 Å². The van der Waals surface area contributed by atoms with Gasteiger partial charge in [-0.2, -0.15) is 0 Å². The van der Waals surface area contributed by atoms with Gasteiger partial charge in [0.15, 0.2) is 0 Å². The Morgan fingerprint density at radius 2 is 1.86 bits per heavy atom. The zero-order valence-electron chi connectivity index (χ0n) is 15.8. The first-order valence-corrected chi connectivity index (χ1v) is 10.3. The van der Waals surface area contributed by atoms with Crippen LogP contribution in [0.2, 0.25) is 0 Å². The first-order valence-electron chi connectivity index (χ1n) is 9.53. The number of hydrogen-bond acceptors (Lipinski definition) is 7. The molecule has 2 aliphatic rings. The van der Waals surface area contributed by atoms with Crippen molar-refractivity contribution in [3.63, 3.8) is 0 Å². The van der Waals surface area contributed by atoms with Crippen LogP contribution in [0.1, 0.15) is 30.1 Å². The smallest absolute Gasteiger partial charge is 0.341 e. The lowest BCUT2D eigenvalue weighted by Gasteiger charge is -2.27. The van der Waals surface area contributed by atoms with Crippen molar-refractivity contribution in [2.45, 2.75) is 32.0 Å². The molecule has 1 N–H and O–H groups in total. The van der Waals surface area contributed by atoms with E-state index >= 15 is 0 Å². The Labute approximate surface area is 171 Å². The number of carboxylic acid groups (broad SMARTS) is 1. The zero-order valence-corrected chi connectivity index (χ0v) is 16.6. The fraction of sp³-hybridized carbons (Fsp3) is 0.381. The SMILES string of the molecule is CCOC(=O)c1cc(-c2ccccc2)sc1NC(=O)[C@@H]1[C@@H](C(=O)[O-])[C@H]2CC[C@@H]1O2.